The van der Waals surface area contributed by atoms with Gasteiger partial charge in [-0.15, -0.1) is 10.2 Å². The molecular weight excluding hydrogens is 334 g/mol. The van der Waals surface area contributed by atoms with Crippen molar-refractivity contribution in [2.75, 3.05) is 11.1 Å². The van der Waals surface area contributed by atoms with Gasteiger partial charge in [-0.05, 0) is 31.2 Å². The summed E-state index contributed by atoms with van der Waals surface area (Å²) in [6, 6.07) is 10.6. The van der Waals surface area contributed by atoms with Crippen LogP contribution in [0.15, 0.2) is 47.8 Å². The van der Waals surface area contributed by atoms with Crippen LogP contribution in [0.1, 0.15) is 6.92 Å². The number of nitrogens with one attached hydrogen (secondary N) is 1. The molecule has 2 heterocycles. The van der Waals surface area contributed by atoms with Crippen LogP contribution in [0.2, 0.25) is 5.02 Å². The molecule has 23 heavy (non-hydrogen) atoms. The lowest BCUT2D eigenvalue weighted by Crippen LogP contribution is -2.22. The molecule has 3 aromatic rings. The van der Waals surface area contributed by atoms with E-state index in [1.807, 2.05) is 12.1 Å². The van der Waals surface area contributed by atoms with Gasteiger partial charge >= 0.3 is 0 Å². The highest BCUT2D eigenvalue weighted by atomic mass is 35.5. The second-order valence-electron chi connectivity index (χ2n) is 4.90. The van der Waals surface area contributed by atoms with Crippen LogP contribution in [0.5, 0.6) is 0 Å². The minimum Gasteiger partial charge on any atom is -0.398 e. The Balaban J connectivity index is 1.75. The van der Waals surface area contributed by atoms with Crippen molar-refractivity contribution in [3.05, 3.63) is 47.6 Å². The number of hydrogen-bond acceptors (Lipinski definition) is 5. The Bertz CT molecular complexity index is 866. The number of fused-ring (bicyclic) bond motifs is 1. The summed E-state index contributed by atoms with van der Waals surface area (Å²) in [5.74, 6) is -0.163. The second kappa shape index (κ2) is 6.47. The molecule has 6 nitrogen and oxygen atoms in total. The number of thioether (sulfide) groups is 1. The Labute approximate surface area is 142 Å². The number of halogens is 1. The van der Waals surface area contributed by atoms with Crippen molar-refractivity contribution in [3.63, 3.8) is 0 Å². The highest BCUT2D eigenvalue weighted by Gasteiger charge is 2.18. The molecule has 0 aliphatic rings. The fraction of sp³-hybridized carbons (Fsp3) is 0.133. The lowest BCUT2D eigenvalue weighted by atomic mass is 10.3. The van der Waals surface area contributed by atoms with E-state index < -0.39 is 0 Å². The molecule has 1 aromatic carbocycles. The number of nitrogens with two attached hydrogens (primary N) is 1. The van der Waals surface area contributed by atoms with Gasteiger partial charge in [-0.2, -0.15) is 0 Å². The SMILES string of the molecule is CC(Sc1nnc2ccc(N)cn12)C(=O)Nc1ccccc1Cl. The normalized spacial score (nSPS) is 12.3. The summed E-state index contributed by atoms with van der Waals surface area (Å²) in [7, 11) is 0. The molecule has 0 radical (unpaired) electrons. The largest absolute Gasteiger partial charge is 0.398 e. The van der Waals surface area contributed by atoms with Gasteiger partial charge in [0.1, 0.15) is 0 Å². The van der Waals surface area contributed by atoms with Gasteiger partial charge in [-0.1, -0.05) is 35.5 Å². The van der Waals surface area contributed by atoms with Gasteiger partial charge in [0.2, 0.25) is 5.91 Å². The lowest BCUT2D eigenvalue weighted by molar-refractivity contribution is -0.115. The summed E-state index contributed by atoms with van der Waals surface area (Å²) in [5.41, 5.74) is 7.65. The Kier molecular flexibility index (Phi) is 4.40. The van der Waals surface area contributed by atoms with E-state index >= 15 is 0 Å². The van der Waals surface area contributed by atoms with Gasteiger partial charge < -0.3 is 11.1 Å². The number of aromatic nitrogens is 3. The maximum atomic E-state index is 12.3. The highest BCUT2D eigenvalue weighted by molar-refractivity contribution is 8.00. The Morgan fingerprint density at radius 2 is 2.09 bits per heavy atom. The average molecular weight is 348 g/mol. The summed E-state index contributed by atoms with van der Waals surface area (Å²) in [4.78, 5) is 12.3. The van der Waals surface area contributed by atoms with E-state index in [2.05, 4.69) is 15.5 Å². The first-order chi connectivity index (χ1) is 11.0. The molecule has 0 aliphatic carbocycles. The third kappa shape index (κ3) is 3.40. The summed E-state index contributed by atoms with van der Waals surface area (Å²) < 4.78 is 1.76. The maximum absolute atomic E-state index is 12.3. The van der Waals surface area contributed by atoms with Crippen LogP contribution in [0.3, 0.4) is 0 Å². The molecule has 0 spiro atoms. The van der Waals surface area contributed by atoms with E-state index in [-0.39, 0.29) is 11.2 Å². The second-order valence-corrected chi connectivity index (χ2v) is 6.62. The number of carbonyl (C=O) groups excluding carboxylic acids is 1. The van der Waals surface area contributed by atoms with Crippen LogP contribution in [0.25, 0.3) is 5.65 Å². The average Bonchev–Trinajstić information content (AvgIpc) is 2.91. The van der Waals surface area contributed by atoms with Gasteiger partial charge in [0.05, 0.1) is 16.0 Å². The van der Waals surface area contributed by atoms with Gasteiger partial charge in [0.15, 0.2) is 10.8 Å². The molecular formula is C15H14ClN5OS. The van der Waals surface area contributed by atoms with E-state index in [4.69, 9.17) is 17.3 Å². The zero-order valence-electron chi connectivity index (χ0n) is 12.2. The molecule has 0 fully saturated rings. The topological polar surface area (TPSA) is 85.3 Å². The number of hydrogen-bond donors (Lipinski definition) is 2. The molecule has 0 saturated carbocycles. The summed E-state index contributed by atoms with van der Waals surface area (Å²) in [5, 5.41) is 11.7. The number of rotatable bonds is 4. The molecule has 2 aromatic heterocycles. The fourth-order valence-electron chi connectivity index (χ4n) is 1.98. The van der Waals surface area contributed by atoms with Crippen LogP contribution in [0, 0.1) is 0 Å². The molecule has 1 amide bonds. The highest BCUT2D eigenvalue weighted by Crippen LogP contribution is 2.25. The molecule has 3 rings (SSSR count). The van der Waals surface area contributed by atoms with Gasteiger partial charge in [0.25, 0.3) is 0 Å². The van der Waals surface area contributed by atoms with Gasteiger partial charge in [0, 0.05) is 11.9 Å². The van der Waals surface area contributed by atoms with Crippen LogP contribution in [-0.4, -0.2) is 25.8 Å². The Morgan fingerprint density at radius 1 is 1.30 bits per heavy atom. The van der Waals surface area contributed by atoms with Crippen LogP contribution < -0.4 is 11.1 Å². The van der Waals surface area contributed by atoms with Crippen molar-refractivity contribution < 1.29 is 4.79 Å². The van der Waals surface area contributed by atoms with Crippen LogP contribution in [0.4, 0.5) is 11.4 Å². The number of para-hydroxylation sites is 1. The van der Waals surface area contributed by atoms with Crippen molar-refractivity contribution in [2.45, 2.75) is 17.3 Å². The first kappa shape index (κ1) is 15.6. The van der Waals surface area contributed by atoms with E-state index in [0.29, 0.717) is 27.2 Å². The first-order valence-electron chi connectivity index (χ1n) is 6.87. The van der Waals surface area contributed by atoms with E-state index in [1.54, 1.807) is 41.8 Å². The molecule has 0 saturated heterocycles. The standard InChI is InChI=1S/C15H14ClN5OS/c1-9(14(22)18-12-5-3-2-4-11(12)16)23-15-20-19-13-7-6-10(17)8-21(13)15/h2-9H,17H2,1H3,(H,18,22). The van der Waals surface area contributed by atoms with Crippen molar-refractivity contribution in [2.24, 2.45) is 0 Å². The minimum atomic E-state index is -0.375. The number of pyridine rings is 1. The molecule has 1 unspecified atom stereocenters. The van der Waals surface area contributed by atoms with Crippen LogP contribution >= 0.6 is 23.4 Å². The number of anilines is 2. The number of amides is 1. The van der Waals surface area contributed by atoms with Gasteiger partial charge in [-0.25, -0.2) is 0 Å². The van der Waals surface area contributed by atoms with E-state index in [9.17, 15) is 4.79 Å². The van der Waals surface area contributed by atoms with Crippen molar-refractivity contribution in [1.82, 2.24) is 14.6 Å². The third-order valence-electron chi connectivity index (χ3n) is 3.18. The number of benzene rings is 1. The van der Waals surface area contributed by atoms with E-state index in [0.717, 1.165) is 0 Å². The smallest absolute Gasteiger partial charge is 0.237 e. The molecule has 3 N–H and O–H groups in total. The predicted octanol–water partition coefficient (Wildman–Crippen LogP) is 3.08. The zero-order chi connectivity index (χ0) is 16.4. The van der Waals surface area contributed by atoms with Crippen LogP contribution in [-0.2, 0) is 4.79 Å². The molecule has 0 bridgehead atoms. The molecule has 0 aliphatic heterocycles. The van der Waals surface area contributed by atoms with E-state index in [1.165, 1.54) is 11.8 Å². The predicted molar refractivity (Wildman–Crippen MR) is 92.8 cm³/mol. The fourth-order valence-corrected chi connectivity index (χ4v) is 2.99. The molecule has 8 heteroatoms. The summed E-state index contributed by atoms with van der Waals surface area (Å²) in [6.45, 7) is 1.80. The van der Waals surface area contributed by atoms with Crippen molar-refractivity contribution in [1.29, 1.82) is 0 Å². The van der Waals surface area contributed by atoms with Crippen molar-refractivity contribution in [3.8, 4) is 0 Å². The van der Waals surface area contributed by atoms with Crippen molar-refractivity contribution >= 4 is 46.3 Å². The summed E-state index contributed by atoms with van der Waals surface area (Å²) in [6.07, 6.45) is 1.73. The monoisotopic (exact) mass is 347 g/mol. The maximum Gasteiger partial charge on any atom is 0.237 e. The molecule has 1 atom stereocenters. The summed E-state index contributed by atoms with van der Waals surface area (Å²) >= 11 is 7.35. The number of nitrogen functional groups attached to an aromatic ring is 1. The lowest BCUT2D eigenvalue weighted by Gasteiger charge is -2.12. The third-order valence-corrected chi connectivity index (χ3v) is 4.56. The Hall–Kier alpha value is -2.25. The Morgan fingerprint density at radius 3 is 2.87 bits per heavy atom. The quantitative estimate of drug-likeness (QED) is 0.708. The number of nitrogens with zero attached hydrogens (tertiary/aromatic N) is 3. The molecule has 118 valence electrons. The van der Waals surface area contributed by atoms with Gasteiger partial charge in [-0.3, -0.25) is 9.20 Å². The zero-order valence-corrected chi connectivity index (χ0v) is 13.8. The number of carbonyl (C=O) groups is 1. The first-order valence-corrected chi connectivity index (χ1v) is 8.12. The minimum absolute atomic E-state index is 0.163.